The normalized spacial score (nSPS) is 17.6. The molecular weight excluding hydrogens is 344 g/mol. The molecule has 7 heteroatoms. The van der Waals surface area contributed by atoms with E-state index >= 15 is 0 Å². The molecule has 0 spiro atoms. The largest absolute Gasteiger partial charge is 0.496 e. The van der Waals surface area contributed by atoms with Gasteiger partial charge in [-0.2, -0.15) is 0 Å². The summed E-state index contributed by atoms with van der Waals surface area (Å²) in [5.74, 6) is 0.621. The Morgan fingerprint density at radius 2 is 2.07 bits per heavy atom. The van der Waals surface area contributed by atoms with Crippen LogP contribution in [0.1, 0.15) is 25.8 Å². The standard InChI is InChI=1S/C20H32N4O3/c1-4-23(5-2)12-10-21-19(25)14-17-20(26)22-11-13-24(17)15-16-8-6-7-9-18(16)27-3/h6-9,17H,4-5,10-15H2,1-3H3,(H,21,25)(H,22,26). The fourth-order valence-electron chi connectivity index (χ4n) is 3.37. The second kappa shape index (κ2) is 10.9. The van der Waals surface area contributed by atoms with Gasteiger partial charge in [0, 0.05) is 38.3 Å². The molecule has 150 valence electrons. The molecular formula is C20H32N4O3. The number of carbonyl (C=O) groups is 2. The number of rotatable bonds is 10. The number of amides is 2. The number of hydrogen-bond acceptors (Lipinski definition) is 5. The zero-order valence-corrected chi connectivity index (χ0v) is 16.7. The van der Waals surface area contributed by atoms with Gasteiger partial charge in [-0.3, -0.25) is 14.5 Å². The van der Waals surface area contributed by atoms with Crippen LogP contribution in [0.5, 0.6) is 5.75 Å². The molecule has 1 fully saturated rings. The molecule has 1 atom stereocenters. The lowest BCUT2D eigenvalue weighted by atomic mass is 10.1. The molecule has 0 bridgehead atoms. The molecule has 2 amide bonds. The summed E-state index contributed by atoms with van der Waals surface area (Å²) in [6.45, 7) is 9.43. The third kappa shape index (κ3) is 6.22. The molecule has 0 saturated carbocycles. The molecule has 1 aliphatic rings. The minimum Gasteiger partial charge on any atom is -0.496 e. The molecule has 0 aromatic heterocycles. The van der Waals surface area contributed by atoms with E-state index in [0.29, 0.717) is 26.2 Å². The molecule has 1 heterocycles. The van der Waals surface area contributed by atoms with Gasteiger partial charge in [0.25, 0.3) is 0 Å². The van der Waals surface area contributed by atoms with Gasteiger partial charge in [0.2, 0.25) is 11.8 Å². The molecule has 1 aliphatic heterocycles. The van der Waals surface area contributed by atoms with E-state index in [-0.39, 0.29) is 18.2 Å². The van der Waals surface area contributed by atoms with Gasteiger partial charge in [-0.05, 0) is 19.2 Å². The summed E-state index contributed by atoms with van der Waals surface area (Å²) >= 11 is 0. The number of nitrogens with zero attached hydrogens (tertiary/aromatic N) is 2. The maximum atomic E-state index is 12.4. The summed E-state index contributed by atoms with van der Waals surface area (Å²) in [4.78, 5) is 29.1. The zero-order chi connectivity index (χ0) is 19.6. The lowest BCUT2D eigenvalue weighted by Gasteiger charge is -2.35. The number of likely N-dealkylation sites (N-methyl/N-ethyl adjacent to an activating group) is 1. The van der Waals surface area contributed by atoms with E-state index in [0.717, 1.165) is 30.9 Å². The van der Waals surface area contributed by atoms with Crippen LogP contribution in [0.25, 0.3) is 0 Å². The van der Waals surface area contributed by atoms with Crippen LogP contribution in [0.4, 0.5) is 0 Å². The van der Waals surface area contributed by atoms with Crippen LogP contribution in [0.15, 0.2) is 24.3 Å². The Kier molecular flexibility index (Phi) is 8.54. The highest BCUT2D eigenvalue weighted by Crippen LogP contribution is 2.21. The van der Waals surface area contributed by atoms with E-state index in [1.807, 2.05) is 24.3 Å². The number of carbonyl (C=O) groups excluding carboxylic acids is 2. The fraction of sp³-hybridized carbons (Fsp3) is 0.600. The average Bonchev–Trinajstić information content (AvgIpc) is 2.68. The Labute approximate surface area is 162 Å². The number of nitrogens with one attached hydrogen (secondary N) is 2. The topological polar surface area (TPSA) is 73.9 Å². The second-order valence-electron chi connectivity index (χ2n) is 6.67. The van der Waals surface area contributed by atoms with Gasteiger partial charge in [0.05, 0.1) is 19.6 Å². The number of hydrogen-bond donors (Lipinski definition) is 2. The molecule has 1 aromatic carbocycles. The van der Waals surface area contributed by atoms with E-state index in [1.165, 1.54) is 0 Å². The molecule has 2 rings (SSSR count). The van der Waals surface area contributed by atoms with Crippen LogP contribution < -0.4 is 15.4 Å². The molecule has 27 heavy (non-hydrogen) atoms. The first-order valence-electron chi connectivity index (χ1n) is 9.71. The van der Waals surface area contributed by atoms with Crippen molar-refractivity contribution in [2.45, 2.75) is 32.9 Å². The first-order valence-corrected chi connectivity index (χ1v) is 9.71. The van der Waals surface area contributed by atoms with E-state index in [1.54, 1.807) is 7.11 Å². The van der Waals surface area contributed by atoms with Crippen LogP contribution in [-0.2, 0) is 16.1 Å². The third-order valence-electron chi connectivity index (χ3n) is 5.03. The van der Waals surface area contributed by atoms with E-state index in [9.17, 15) is 9.59 Å². The Hall–Kier alpha value is -2.12. The Morgan fingerprint density at radius 3 is 2.78 bits per heavy atom. The first kappa shape index (κ1) is 21.2. The van der Waals surface area contributed by atoms with E-state index < -0.39 is 6.04 Å². The number of ether oxygens (including phenoxy) is 1. The summed E-state index contributed by atoms with van der Waals surface area (Å²) in [5, 5.41) is 5.82. The highest BCUT2D eigenvalue weighted by atomic mass is 16.5. The van der Waals surface area contributed by atoms with Gasteiger partial charge >= 0.3 is 0 Å². The average molecular weight is 377 g/mol. The Morgan fingerprint density at radius 1 is 1.33 bits per heavy atom. The number of methoxy groups -OCH3 is 1. The van der Waals surface area contributed by atoms with Crippen molar-refractivity contribution in [2.24, 2.45) is 0 Å². The maximum absolute atomic E-state index is 12.4. The molecule has 7 nitrogen and oxygen atoms in total. The number of piperazine rings is 1. The predicted octanol–water partition coefficient (Wildman–Crippen LogP) is 0.844. The van der Waals surface area contributed by atoms with E-state index in [2.05, 4.69) is 34.3 Å². The van der Waals surface area contributed by atoms with E-state index in [4.69, 9.17) is 4.74 Å². The van der Waals surface area contributed by atoms with Gasteiger partial charge in [-0.15, -0.1) is 0 Å². The number of para-hydroxylation sites is 1. The van der Waals surface area contributed by atoms with Gasteiger partial charge in [0.1, 0.15) is 5.75 Å². The quantitative estimate of drug-likeness (QED) is 0.633. The number of benzene rings is 1. The highest BCUT2D eigenvalue weighted by molar-refractivity contribution is 5.88. The molecule has 1 saturated heterocycles. The molecule has 1 unspecified atom stereocenters. The zero-order valence-electron chi connectivity index (χ0n) is 16.7. The molecule has 1 aromatic rings. The molecule has 0 radical (unpaired) electrons. The summed E-state index contributed by atoms with van der Waals surface area (Å²) in [6.07, 6.45) is 0.166. The van der Waals surface area contributed by atoms with Crippen molar-refractivity contribution in [2.75, 3.05) is 46.4 Å². The summed E-state index contributed by atoms with van der Waals surface area (Å²) in [6, 6.07) is 7.32. The smallest absolute Gasteiger partial charge is 0.237 e. The minimum atomic E-state index is -0.461. The highest BCUT2D eigenvalue weighted by Gasteiger charge is 2.31. The maximum Gasteiger partial charge on any atom is 0.237 e. The lowest BCUT2D eigenvalue weighted by molar-refractivity contribution is -0.134. The van der Waals surface area contributed by atoms with Crippen molar-refractivity contribution in [3.05, 3.63) is 29.8 Å². The van der Waals surface area contributed by atoms with Crippen molar-refractivity contribution in [1.29, 1.82) is 0 Å². The summed E-state index contributed by atoms with van der Waals surface area (Å²) in [7, 11) is 1.64. The predicted molar refractivity (Wildman–Crippen MR) is 106 cm³/mol. The Bertz CT molecular complexity index is 619. The monoisotopic (exact) mass is 376 g/mol. The van der Waals surface area contributed by atoms with Crippen molar-refractivity contribution in [3.63, 3.8) is 0 Å². The first-order chi connectivity index (χ1) is 13.1. The van der Waals surface area contributed by atoms with Crippen molar-refractivity contribution in [3.8, 4) is 5.75 Å². The van der Waals surface area contributed by atoms with Gasteiger partial charge < -0.3 is 20.3 Å². The van der Waals surface area contributed by atoms with Gasteiger partial charge in [-0.1, -0.05) is 32.0 Å². The molecule has 2 N–H and O–H groups in total. The lowest BCUT2D eigenvalue weighted by Crippen LogP contribution is -2.56. The minimum absolute atomic E-state index is 0.0879. The van der Waals surface area contributed by atoms with Crippen LogP contribution in [0.2, 0.25) is 0 Å². The summed E-state index contributed by atoms with van der Waals surface area (Å²) in [5.41, 5.74) is 1.02. The van der Waals surface area contributed by atoms with Crippen LogP contribution in [-0.4, -0.2) is 74.0 Å². The van der Waals surface area contributed by atoms with Crippen molar-refractivity contribution in [1.82, 2.24) is 20.4 Å². The molecule has 0 aliphatic carbocycles. The third-order valence-corrected chi connectivity index (χ3v) is 5.03. The second-order valence-corrected chi connectivity index (χ2v) is 6.67. The summed E-state index contributed by atoms with van der Waals surface area (Å²) < 4.78 is 5.42. The fourth-order valence-corrected chi connectivity index (χ4v) is 3.37. The van der Waals surface area contributed by atoms with Crippen LogP contribution in [0, 0.1) is 0 Å². The SMILES string of the molecule is CCN(CC)CCNC(=O)CC1C(=O)NCCN1Cc1ccccc1OC. The van der Waals surface area contributed by atoms with Gasteiger partial charge in [-0.25, -0.2) is 0 Å². The van der Waals surface area contributed by atoms with Crippen molar-refractivity contribution >= 4 is 11.8 Å². The van der Waals surface area contributed by atoms with Crippen LogP contribution in [0.3, 0.4) is 0 Å². The van der Waals surface area contributed by atoms with Crippen molar-refractivity contribution < 1.29 is 14.3 Å². The van der Waals surface area contributed by atoms with Gasteiger partial charge in [0.15, 0.2) is 0 Å². The van der Waals surface area contributed by atoms with Crippen LogP contribution >= 0.6 is 0 Å². The Balaban J connectivity index is 1.95.